The minimum atomic E-state index is -0.281. The van der Waals surface area contributed by atoms with Crippen LogP contribution in [0.1, 0.15) is 13.3 Å². The Morgan fingerprint density at radius 3 is 2.88 bits per heavy atom. The molecule has 88 valence electrons. The molecule has 2 rings (SSSR count). The second-order valence-electron chi connectivity index (χ2n) is 4.19. The standard InChI is InChI=1S/C11H14Cl2N2O/c1-7(16)8-2-3-15(6-8)11-10(13)4-9(12)5-14-11/h4-5,7-8,16H,2-3,6H2,1H3. The largest absolute Gasteiger partial charge is 0.393 e. The van der Waals surface area contributed by atoms with Crippen LogP contribution >= 0.6 is 23.2 Å². The van der Waals surface area contributed by atoms with Crippen LogP contribution in [0.15, 0.2) is 12.3 Å². The van der Waals surface area contributed by atoms with Gasteiger partial charge in [-0.1, -0.05) is 23.2 Å². The van der Waals surface area contributed by atoms with Gasteiger partial charge in [-0.15, -0.1) is 0 Å². The van der Waals surface area contributed by atoms with Gasteiger partial charge in [-0.3, -0.25) is 0 Å². The quantitative estimate of drug-likeness (QED) is 0.888. The molecule has 16 heavy (non-hydrogen) atoms. The number of aromatic nitrogens is 1. The average Bonchev–Trinajstić information content (AvgIpc) is 2.66. The first-order chi connectivity index (χ1) is 7.58. The lowest BCUT2D eigenvalue weighted by Gasteiger charge is -2.19. The minimum absolute atomic E-state index is 0.281. The van der Waals surface area contributed by atoms with Crippen LogP contribution < -0.4 is 4.90 Å². The fraction of sp³-hybridized carbons (Fsp3) is 0.545. The van der Waals surface area contributed by atoms with Gasteiger partial charge in [0.1, 0.15) is 5.82 Å². The lowest BCUT2D eigenvalue weighted by atomic mass is 10.0. The summed E-state index contributed by atoms with van der Waals surface area (Å²) in [7, 11) is 0. The zero-order chi connectivity index (χ0) is 11.7. The van der Waals surface area contributed by atoms with E-state index >= 15 is 0 Å². The van der Waals surface area contributed by atoms with E-state index in [0.717, 1.165) is 25.3 Å². The van der Waals surface area contributed by atoms with E-state index in [-0.39, 0.29) is 6.10 Å². The summed E-state index contributed by atoms with van der Waals surface area (Å²) in [6.45, 7) is 3.50. The maximum absolute atomic E-state index is 9.53. The molecule has 1 saturated heterocycles. The van der Waals surface area contributed by atoms with Crippen LogP contribution in [-0.2, 0) is 0 Å². The van der Waals surface area contributed by atoms with E-state index in [1.807, 2.05) is 6.92 Å². The summed E-state index contributed by atoms with van der Waals surface area (Å²) < 4.78 is 0. The summed E-state index contributed by atoms with van der Waals surface area (Å²) >= 11 is 11.9. The van der Waals surface area contributed by atoms with Crippen molar-refractivity contribution in [1.82, 2.24) is 4.98 Å². The van der Waals surface area contributed by atoms with Crippen LogP contribution in [0.2, 0.25) is 10.0 Å². The lowest BCUT2D eigenvalue weighted by molar-refractivity contribution is 0.136. The number of hydrogen-bond acceptors (Lipinski definition) is 3. The number of anilines is 1. The predicted octanol–water partition coefficient (Wildman–Crippen LogP) is 2.60. The van der Waals surface area contributed by atoms with Crippen molar-refractivity contribution in [2.24, 2.45) is 5.92 Å². The van der Waals surface area contributed by atoms with Crippen LogP contribution in [-0.4, -0.2) is 29.3 Å². The molecule has 0 amide bonds. The summed E-state index contributed by atoms with van der Waals surface area (Å²) in [5.41, 5.74) is 0. The van der Waals surface area contributed by atoms with Gasteiger partial charge in [-0.05, 0) is 19.4 Å². The maximum atomic E-state index is 9.53. The van der Waals surface area contributed by atoms with Crippen molar-refractivity contribution in [3.63, 3.8) is 0 Å². The summed E-state index contributed by atoms with van der Waals surface area (Å²) in [5, 5.41) is 10.6. The Hall–Kier alpha value is -0.510. The molecule has 0 aromatic carbocycles. The first-order valence-electron chi connectivity index (χ1n) is 5.32. The van der Waals surface area contributed by atoms with E-state index in [4.69, 9.17) is 23.2 Å². The smallest absolute Gasteiger partial charge is 0.147 e. The highest BCUT2D eigenvalue weighted by atomic mass is 35.5. The zero-order valence-electron chi connectivity index (χ0n) is 9.03. The number of halogens is 2. The molecule has 0 spiro atoms. The molecule has 0 bridgehead atoms. The van der Waals surface area contributed by atoms with E-state index in [2.05, 4.69) is 9.88 Å². The van der Waals surface area contributed by atoms with Gasteiger partial charge in [0.15, 0.2) is 0 Å². The van der Waals surface area contributed by atoms with Crippen molar-refractivity contribution in [3.8, 4) is 0 Å². The molecule has 2 heterocycles. The molecule has 1 aliphatic heterocycles. The summed E-state index contributed by atoms with van der Waals surface area (Å²) in [6.07, 6.45) is 2.28. The van der Waals surface area contributed by atoms with E-state index in [9.17, 15) is 5.11 Å². The Labute approximate surface area is 105 Å². The highest BCUT2D eigenvalue weighted by molar-refractivity contribution is 6.36. The summed E-state index contributed by atoms with van der Waals surface area (Å²) in [6, 6.07) is 1.70. The fourth-order valence-corrected chi connectivity index (χ4v) is 2.51. The Balaban J connectivity index is 2.14. The highest BCUT2D eigenvalue weighted by Crippen LogP contribution is 2.30. The van der Waals surface area contributed by atoms with E-state index in [1.54, 1.807) is 12.3 Å². The van der Waals surface area contributed by atoms with Crippen LogP contribution in [0.3, 0.4) is 0 Å². The molecule has 2 atom stereocenters. The van der Waals surface area contributed by atoms with Crippen LogP contribution in [0.4, 0.5) is 5.82 Å². The summed E-state index contributed by atoms with van der Waals surface area (Å²) in [4.78, 5) is 6.33. The Bertz CT molecular complexity index is 384. The van der Waals surface area contributed by atoms with Gasteiger partial charge in [-0.2, -0.15) is 0 Å². The molecule has 0 aliphatic carbocycles. The highest BCUT2D eigenvalue weighted by Gasteiger charge is 2.27. The third-order valence-electron chi connectivity index (χ3n) is 2.99. The van der Waals surface area contributed by atoms with Gasteiger partial charge in [-0.25, -0.2) is 4.98 Å². The third kappa shape index (κ3) is 2.42. The molecule has 1 N–H and O–H groups in total. The SMILES string of the molecule is CC(O)C1CCN(c2ncc(Cl)cc2Cl)C1. The van der Waals surface area contributed by atoms with E-state index in [1.165, 1.54) is 0 Å². The number of aliphatic hydroxyl groups is 1. The zero-order valence-corrected chi connectivity index (χ0v) is 10.5. The molecule has 1 fully saturated rings. The average molecular weight is 261 g/mol. The lowest BCUT2D eigenvalue weighted by Crippen LogP contribution is -2.24. The Morgan fingerprint density at radius 2 is 2.31 bits per heavy atom. The monoisotopic (exact) mass is 260 g/mol. The van der Waals surface area contributed by atoms with E-state index in [0.29, 0.717) is 16.0 Å². The topological polar surface area (TPSA) is 36.4 Å². The second kappa shape index (κ2) is 4.78. The van der Waals surface area contributed by atoms with Crippen molar-refractivity contribution in [1.29, 1.82) is 0 Å². The van der Waals surface area contributed by atoms with Gasteiger partial charge in [0.05, 0.1) is 16.1 Å². The number of hydrogen-bond donors (Lipinski definition) is 1. The molecular weight excluding hydrogens is 247 g/mol. The van der Waals surface area contributed by atoms with Crippen LogP contribution in [0.25, 0.3) is 0 Å². The van der Waals surface area contributed by atoms with Gasteiger partial charge in [0.25, 0.3) is 0 Å². The summed E-state index contributed by atoms with van der Waals surface area (Å²) in [5.74, 6) is 1.06. The number of rotatable bonds is 2. The minimum Gasteiger partial charge on any atom is -0.393 e. The molecule has 1 aromatic heterocycles. The molecule has 0 radical (unpaired) electrons. The number of pyridine rings is 1. The third-order valence-corrected chi connectivity index (χ3v) is 3.48. The van der Waals surface area contributed by atoms with E-state index < -0.39 is 0 Å². The van der Waals surface area contributed by atoms with Crippen molar-refractivity contribution < 1.29 is 5.11 Å². The fourth-order valence-electron chi connectivity index (χ4n) is 2.01. The molecule has 2 unspecified atom stereocenters. The number of aliphatic hydroxyl groups excluding tert-OH is 1. The molecule has 1 aliphatic rings. The molecule has 0 saturated carbocycles. The maximum Gasteiger partial charge on any atom is 0.147 e. The molecule has 3 nitrogen and oxygen atoms in total. The predicted molar refractivity (Wildman–Crippen MR) is 66.3 cm³/mol. The van der Waals surface area contributed by atoms with Crippen molar-refractivity contribution in [2.75, 3.05) is 18.0 Å². The van der Waals surface area contributed by atoms with Crippen molar-refractivity contribution >= 4 is 29.0 Å². The first-order valence-corrected chi connectivity index (χ1v) is 6.07. The van der Waals surface area contributed by atoms with Gasteiger partial charge in [0.2, 0.25) is 0 Å². The Morgan fingerprint density at radius 1 is 1.56 bits per heavy atom. The van der Waals surface area contributed by atoms with Gasteiger partial charge in [0, 0.05) is 25.2 Å². The van der Waals surface area contributed by atoms with Gasteiger partial charge >= 0.3 is 0 Å². The van der Waals surface area contributed by atoms with Crippen LogP contribution in [0.5, 0.6) is 0 Å². The number of nitrogens with zero attached hydrogens (tertiary/aromatic N) is 2. The van der Waals surface area contributed by atoms with Crippen molar-refractivity contribution in [2.45, 2.75) is 19.4 Å². The van der Waals surface area contributed by atoms with Crippen LogP contribution in [0, 0.1) is 5.92 Å². The second-order valence-corrected chi connectivity index (χ2v) is 5.04. The first kappa shape index (κ1) is 12.0. The Kier molecular flexibility index (Phi) is 3.57. The van der Waals surface area contributed by atoms with Gasteiger partial charge < -0.3 is 10.0 Å². The molecular formula is C11H14Cl2N2O. The van der Waals surface area contributed by atoms with Crippen molar-refractivity contribution in [3.05, 3.63) is 22.3 Å². The molecule has 5 heteroatoms. The molecule has 1 aromatic rings. The normalized spacial score (nSPS) is 22.5.